The molecule has 1 aromatic carbocycles. The van der Waals surface area contributed by atoms with Gasteiger partial charge in [0.2, 0.25) is 0 Å². The quantitative estimate of drug-likeness (QED) is 0.858. The molecule has 0 fully saturated rings. The Morgan fingerprint density at radius 1 is 1.39 bits per heavy atom. The molecule has 0 amide bonds. The van der Waals surface area contributed by atoms with Crippen LogP contribution in [0.25, 0.3) is 0 Å². The summed E-state index contributed by atoms with van der Waals surface area (Å²) < 4.78 is 1.22. The van der Waals surface area contributed by atoms with Crippen LogP contribution in [0.15, 0.2) is 34.3 Å². The molecule has 1 aliphatic heterocycles. The molecule has 0 unspecified atom stereocenters. The Bertz CT molecular complexity index is 440. The predicted octanol–water partition coefficient (Wildman–Crippen LogP) is 3.32. The van der Waals surface area contributed by atoms with Gasteiger partial charge in [-0.3, -0.25) is 4.90 Å². The lowest BCUT2D eigenvalue weighted by Gasteiger charge is -2.25. The monoisotopic (exact) mass is 308 g/mol. The van der Waals surface area contributed by atoms with Crippen molar-refractivity contribution in [1.29, 1.82) is 0 Å². The Morgan fingerprint density at radius 3 is 2.83 bits per heavy atom. The van der Waals surface area contributed by atoms with Gasteiger partial charge in [-0.25, -0.2) is 0 Å². The number of benzene rings is 1. The maximum absolute atomic E-state index is 3.69. The molecule has 18 heavy (non-hydrogen) atoms. The van der Waals surface area contributed by atoms with Crippen molar-refractivity contribution >= 4 is 15.9 Å². The van der Waals surface area contributed by atoms with E-state index in [0.29, 0.717) is 0 Å². The molecular weight excluding hydrogens is 288 g/mol. The second-order valence-corrected chi connectivity index (χ2v) is 5.85. The summed E-state index contributed by atoms with van der Waals surface area (Å²) in [5, 5.41) is 3.18. The predicted molar refractivity (Wildman–Crippen MR) is 80.6 cm³/mol. The molecule has 2 rings (SSSR count). The van der Waals surface area contributed by atoms with Crippen LogP contribution in [0.3, 0.4) is 0 Å². The highest BCUT2D eigenvalue weighted by atomic mass is 79.9. The summed E-state index contributed by atoms with van der Waals surface area (Å²) in [7, 11) is 1.98. The SMILES string of the molecule is CNCc1ccc(CN2CC=C(C)CC2)c(Br)c1. The first kappa shape index (κ1) is 13.8. The van der Waals surface area contributed by atoms with E-state index in [4.69, 9.17) is 0 Å². The second kappa shape index (κ2) is 6.50. The zero-order valence-electron chi connectivity index (χ0n) is 11.2. The van der Waals surface area contributed by atoms with Crippen molar-refractivity contribution in [2.75, 3.05) is 20.1 Å². The lowest BCUT2D eigenvalue weighted by Crippen LogP contribution is -2.28. The fraction of sp³-hybridized carbons (Fsp3) is 0.467. The van der Waals surface area contributed by atoms with Crippen LogP contribution in [-0.2, 0) is 13.1 Å². The maximum Gasteiger partial charge on any atom is 0.0248 e. The summed E-state index contributed by atoms with van der Waals surface area (Å²) in [5.74, 6) is 0. The third kappa shape index (κ3) is 3.67. The van der Waals surface area contributed by atoms with Gasteiger partial charge < -0.3 is 5.32 Å². The van der Waals surface area contributed by atoms with E-state index < -0.39 is 0 Å². The van der Waals surface area contributed by atoms with Crippen LogP contribution in [0.5, 0.6) is 0 Å². The molecule has 3 heteroatoms. The smallest absolute Gasteiger partial charge is 0.0248 e. The minimum Gasteiger partial charge on any atom is -0.316 e. The van der Waals surface area contributed by atoms with Crippen molar-refractivity contribution in [2.24, 2.45) is 0 Å². The number of halogens is 1. The number of hydrogen-bond donors (Lipinski definition) is 1. The molecule has 1 heterocycles. The molecule has 0 atom stereocenters. The highest BCUT2D eigenvalue weighted by Gasteiger charge is 2.11. The van der Waals surface area contributed by atoms with Gasteiger partial charge in [0.15, 0.2) is 0 Å². The third-order valence-electron chi connectivity index (χ3n) is 3.41. The zero-order valence-corrected chi connectivity index (χ0v) is 12.8. The average molecular weight is 309 g/mol. The molecule has 0 radical (unpaired) electrons. The average Bonchev–Trinajstić information content (AvgIpc) is 2.36. The molecule has 2 nitrogen and oxygen atoms in total. The Balaban J connectivity index is 2.01. The van der Waals surface area contributed by atoms with E-state index in [2.05, 4.69) is 57.3 Å². The Hall–Kier alpha value is -0.640. The second-order valence-electron chi connectivity index (χ2n) is 4.99. The van der Waals surface area contributed by atoms with E-state index in [1.165, 1.54) is 34.1 Å². The standard InChI is InChI=1S/C15H21BrN2/c1-12-5-7-18(8-6-12)11-14-4-3-13(10-17-2)9-15(14)16/h3-5,9,17H,6-8,10-11H2,1-2H3. The molecule has 0 spiro atoms. The molecule has 1 aliphatic rings. The van der Waals surface area contributed by atoms with Crippen molar-refractivity contribution in [3.63, 3.8) is 0 Å². The Kier molecular flexibility index (Phi) is 4.98. The van der Waals surface area contributed by atoms with E-state index in [9.17, 15) is 0 Å². The lowest BCUT2D eigenvalue weighted by atomic mass is 10.1. The molecule has 0 saturated carbocycles. The molecule has 0 bridgehead atoms. The minimum absolute atomic E-state index is 0.921. The van der Waals surface area contributed by atoms with Gasteiger partial charge in [0, 0.05) is 30.7 Å². The van der Waals surface area contributed by atoms with Crippen molar-refractivity contribution in [3.8, 4) is 0 Å². The highest BCUT2D eigenvalue weighted by Crippen LogP contribution is 2.22. The highest BCUT2D eigenvalue weighted by molar-refractivity contribution is 9.10. The van der Waals surface area contributed by atoms with E-state index in [1.807, 2.05) is 7.05 Å². The summed E-state index contributed by atoms with van der Waals surface area (Å²) in [6, 6.07) is 6.67. The molecule has 0 aromatic heterocycles. The van der Waals surface area contributed by atoms with Crippen LogP contribution >= 0.6 is 15.9 Å². The van der Waals surface area contributed by atoms with Crippen LogP contribution in [0.2, 0.25) is 0 Å². The normalized spacial score (nSPS) is 16.7. The van der Waals surface area contributed by atoms with Crippen molar-refractivity contribution < 1.29 is 0 Å². The fourth-order valence-corrected chi connectivity index (χ4v) is 2.78. The molecule has 1 N–H and O–H groups in total. The van der Waals surface area contributed by atoms with Crippen molar-refractivity contribution in [3.05, 3.63) is 45.4 Å². The molecule has 0 saturated heterocycles. The molecule has 1 aromatic rings. The van der Waals surface area contributed by atoms with Gasteiger partial charge in [-0.1, -0.05) is 39.7 Å². The number of nitrogens with zero attached hydrogens (tertiary/aromatic N) is 1. The van der Waals surface area contributed by atoms with E-state index in [-0.39, 0.29) is 0 Å². The van der Waals surface area contributed by atoms with Crippen LogP contribution in [-0.4, -0.2) is 25.0 Å². The van der Waals surface area contributed by atoms with E-state index >= 15 is 0 Å². The first-order valence-electron chi connectivity index (χ1n) is 6.49. The van der Waals surface area contributed by atoms with Crippen molar-refractivity contribution in [1.82, 2.24) is 10.2 Å². The Labute approximate surface area is 118 Å². The molecule has 0 aliphatic carbocycles. The lowest BCUT2D eigenvalue weighted by molar-refractivity contribution is 0.285. The Morgan fingerprint density at radius 2 is 2.22 bits per heavy atom. The van der Waals surface area contributed by atoms with Crippen LogP contribution in [0.4, 0.5) is 0 Å². The summed E-state index contributed by atoms with van der Waals surface area (Å²) in [6.07, 6.45) is 3.54. The van der Waals surface area contributed by atoms with Crippen molar-refractivity contribution in [2.45, 2.75) is 26.4 Å². The third-order valence-corrected chi connectivity index (χ3v) is 4.15. The first-order valence-corrected chi connectivity index (χ1v) is 7.28. The number of hydrogen-bond acceptors (Lipinski definition) is 2. The first-order chi connectivity index (χ1) is 8.69. The zero-order chi connectivity index (χ0) is 13.0. The summed E-state index contributed by atoms with van der Waals surface area (Å²) in [6.45, 7) is 6.43. The number of nitrogens with one attached hydrogen (secondary N) is 1. The molecular formula is C15H21BrN2. The summed E-state index contributed by atoms with van der Waals surface area (Å²) in [5.41, 5.74) is 4.22. The minimum atomic E-state index is 0.921. The topological polar surface area (TPSA) is 15.3 Å². The van der Waals surface area contributed by atoms with Gasteiger partial charge >= 0.3 is 0 Å². The maximum atomic E-state index is 3.69. The fourth-order valence-electron chi connectivity index (χ4n) is 2.23. The van der Waals surface area contributed by atoms with Crippen LogP contribution in [0, 0.1) is 0 Å². The van der Waals surface area contributed by atoms with E-state index in [1.54, 1.807) is 0 Å². The van der Waals surface area contributed by atoms with Gasteiger partial charge in [-0.05, 0) is 37.6 Å². The van der Waals surface area contributed by atoms with Gasteiger partial charge in [0.05, 0.1) is 0 Å². The summed E-state index contributed by atoms with van der Waals surface area (Å²) >= 11 is 3.69. The van der Waals surface area contributed by atoms with Crippen LogP contribution < -0.4 is 5.32 Å². The van der Waals surface area contributed by atoms with Gasteiger partial charge in [0.1, 0.15) is 0 Å². The largest absolute Gasteiger partial charge is 0.316 e. The molecule has 98 valence electrons. The van der Waals surface area contributed by atoms with Gasteiger partial charge in [0.25, 0.3) is 0 Å². The van der Waals surface area contributed by atoms with Gasteiger partial charge in [-0.15, -0.1) is 0 Å². The van der Waals surface area contributed by atoms with Crippen LogP contribution in [0.1, 0.15) is 24.5 Å². The summed E-state index contributed by atoms with van der Waals surface area (Å²) in [4.78, 5) is 2.49. The number of rotatable bonds is 4. The van der Waals surface area contributed by atoms with E-state index in [0.717, 1.165) is 19.6 Å². The van der Waals surface area contributed by atoms with Gasteiger partial charge in [-0.2, -0.15) is 0 Å².